The Bertz CT molecular complexity index is 416. The van der Waals surface area contributed by atoms with Crippen molar-refractivity contribution in [2.45, 2.75) is 19.3 Å². The monoisotopic (exact) mass is 233 g/mol. The Morgan fingerprint density at radius 3 is 2.41 bits per heavy atom. The summed E-state index contributed by atoms with van der Waals surface area (Å²) in [5, 5.41) is 11.8. The van der Waals surface area contributed by atoms with E-state index in [0.717, 1.165) is 6.42 Å². The van der Waals surface area contributed by atoms with E-state index in [1.807, 2.05) is 18.2 Å². The van der Waals surface area contributed by atoms with Gasteiger partial charge < -0.3 is 10.4 Å². The molecule has 4 heteroatoms. The predicted molar refractivity (Wildman–Crippen MR) is 63.5 cm³/mol. The van der Waals surface area contributed by atoms with Gasteiger partial charge in [-0.2, -0.15) is 0 Å². The number of aliphatic carboxylic acids is 1. The number of benzene rings is 1. The number of rotatable bonds is 3. The average molecular weight is 233 g/mol. The van der Waals surface area contributed by atoms with Gasteiger partial charge in [0.25, 0.3) is 0 Å². The van der Waals surface area contributed by atoms with Crippen LogP contribution in [0.3, 0.4) is 0 Å². The molecule has 0 aliphatic heterocycles. The number of hydrogen-bond acceptors (Lipinski definition) is 2. The Labute approximate surface area is 99.6 Å². The van der Waals surface area contributed by atoms with Crippen LogP contribution in [0.15, 0.2) is 30.3 Å². The fourth-order valence-electron chi connectivity index (χ4n) is 2.33. The Kier molecular flexibility index (Phi) is 3.42. The molecule has 0 bridgehead atoms. The normalized spacial score (nSPS) is 23.3. The second-order valence-corrected chi connectivity index (χ2v) is 4.34. The second-order valence-electron chi connectivity index (χ2n) is 4.34. The Morgan fingerprint density at radius 2 is 1.76 bits per heavy atom. The molecule has 2 unspecified atom stereocenters. The molecule has 2 N–H and O–H groups in total. The van der Waals surface area contributed by atoms with Gasteiger partial charge in [-0.15, -0.1) is 0 Å². The molecule has 90 valence electrons. The summed E-state index contributed by atoms with van der Waals surface area (Å²) in [6.45, 7) is 0. The summed E-state index contributed by atoms with van der Waals surface area (Å²) in [6.07, 6.45) is 2.07. The lowest BCUT2D eigenvalue weighted by molar-refractivity contribution is -0.145. The van der Waals surface area contributed by atoms with Gasteiger partial charge in [0.1, 0.15) is 0 Å². The van der Waals surface area contributed by atoms with Crippen LogP contribution < -0.4 is 5.32 Å². The number of carboxylic acids is 1. The molecule has 1 saturated carbocycles. The van der Waals surface area contributed by atoms with E-state index in [4.69, 9.17) is 5.11 Å². The molecular formula is C13H15NO3. The van der Waals surface area contributed by atoms with Crippen molar-refractivity contribution in [3.63, 3.8) is 0 Å². The maximum atomic E-state index is 12.0. The third-order valence-corrected chi connectivity index (χ3v) is 3.21. The SMILES string of the molecule is O=C(O)C1CCCC1C(=O)Nc1ccccc1. The summed E-state index contributed by atoms with van der Waals surface area (Å²) >= 11 is 0. The smallest absolute Gasteiger partial charge is 0.307 e. The predicted octanol–water partition coefficient (Wildman–Crippen LogP) is 2.13. The Morgan fingerprint density at radius 1 is 1.12 bits per heavy atom. The summed E-state index contributed by atoms with van der Waals surface area (Å²) in [7, 11) is 0. The molecule has 1 aliphatic carbocycles. The molecule has 1 aromatic carbocycles. The Balaban J connectivity index is 2.03. The van der Waals surface area contributed by atoms with Crippen LogP contribution in [0.4, 0.5) is 5.69 Å². The van der Waals surface area contributed by atoms with Crippen molar-refractivity contribution < 1.29 is 14.7 Å². The van der Waals surface area contributed by atoms with E-state index in [1.165, 1.54) is 0 Å². The number of hydrogen-bond donors (Lipinski definition) is 2. The number of carbonyl (C=O) groups excluding carboxylic acids is 1. The van der Waals surface area contributed by atoms with Crippen LogP contribution in [0.2, 0.25) is 0 Å². The molecule has 2 atom stereocenters. The van der Waals surface area contributed by atoms with Gasteiger partial charge in [-0.05, 0) is 25.0 Å². The van der Waals surface area contributed by atoms with Gasteiger partial charge in [0.2, 0.25) is 5.91 Å². The topological polar surface area (TPSA) is 66.4 Å². The lowest BCUT2D eigenvalue weighted by Crippen LogP contribution is -2.29. The van der Waals surface area contributed by atoms with Crippen LogP contribution in [-0.4, -0.2) is 17.0 Å². The molecule has 0 radical (unpaired) electrons. The minimum atomic E-state index is -0.865. The largest absolute Gasteiger partial charge is 0.481 e. The fraction of sp³-hybridized carbons (Fsp3) is 0.385. The molecule has 1 aromatic rings. The van der Waals surface area contributed by atoms with Crippen LogP contribution >= 0.6 is 0 Å². The van der Waals surface area contributed by atoms with Gasteiger partial charge in [0, 0.05) is 5.69 Å². The van der Waals surface area contributed by atoms with Gasteiger partial charge in [-0.25, -0.2) is 0 Å². The van der Waals surface area contributed by atoms with Gasteiger partial charge in [-0.3, -0.25) is 9.59 Å². The van der Waals surface area contributed by atoms with E-state index in [-0.39, 0.29) is 5.91 Å². The van der Waals surface area contributed by atoms with E-state index in [9.17, 15) is 9.59 Å². The van der Waals surface area contributed by atoms with Crippen molar-refractivity contribution in [1.82, 2.24) is 0 Å². The summed E-state index contributed by atoms with van der Waals surface area (Å²) in [4.78, 5) is 22.9. The van der Waals surface area contributed by atoms with E-state index in [2.05, 4.69) is 5.32 Å². The first-order valence-electron chi connectivity index (χ1n) is 5.77. The van der Waals surface area contributed by atoms with Gasteiger partial charge >= 0.3 is 5.97 Å². The number of nitrogens with one attached hydrogen (secondary N) is 1. The van der Waals surface area contributed by atoms with Gasteiger partial charge in [-0.1, -0.05) is 24.6 Å². The molecular weight excluding hydrogens is 218 g/mol. The zero-order valence-corrected chi connectivity index (χ0v) is 9.43. The first-order chi connectivity index (χ1) is 8.18. The molecule has 0 spiro atoms. The standard InChI is InChI=1S/C13H15NO3/c15-12(14-9-5-2-1-3-6-9)10-7-4-8-11(10)13(16)17/h1-3,5-6,10-11H,4,7-8H2,(H,14,15)(H,16,17). The van der Waals surface area contributed by atoms with Crippen molar-refractivity contribution in [2.24, 2.45) is 11.8 Å². The van der Waals surface area contributed by atoms with Crippen molar-refractivity contribution in [1.29, 1.82) is 0 Å². The van der Waals surface area contributed by atoms with Crippen molar-refractivity contribution in [2.75, 3.05) is 5.32 Å². The van der Waals surface area contributed by atoms with E-state index in [1.54, 1.807) is 12.1 Å². The average Bonchev–Trinajstić information content (AvgIpc) is 2.79. The first kappa shape index (κ1) is 11.6. The van der Waals surface area contributed by atoms with Crippen LogP contribution in [0.5, 0.6) is 0 Å². The lowest BCUT2D eigenvalue weighted by Gasteiger charge is -2.15. The summed E-state index contributed by atoms with van der Waals surface area (Å²) in [5.41, 5.74) is 0.716. The van der Waals surface area contributed by atoms with Gasteiger partial charge in [0.15, 0.2) is 0 Å². The van der Waals surface area contributed by atoms with E-state index < -0.39 is 17.8 Å². The number of para-hydroxylation sites is 1. The fourth-order valence-corrected chi connectivity index (χ4v) is 2.33. The number of amides is 1. The summed E-state index contributed by atoms with van der Waals surface area (Å²) < 4.78 is 0. The highest BCUT2D eigenvalue weighted by molar-refractivity contribution is 5.95. The number of anilines is 1. The molecule has 0 aromatic heterocycles. The van der Waals surface area contributed by atoms with Crippen LogP contribution in [0, 0.1) is 11.8 Å². The third kappa shape index (κ3) is 2.64. The Hall–Kier alpha value is -1.84. The number of carboxylic acid groups (broad SMARTS) is 1. The molecule has 17 heavy (non-hydrogen) atoms. The summed E-state index contributed by atoms with van der Waals surface area (Å²) in [5.74, 6) is -1.97. The third-order valence-electron chi connectivity index (χ3n) is 3.21. The molecule has 1 amide bonds. The molecule has 1 fully saturated rings. The molecule has 4 nitrogen and oxygen atoms in total. The second kappa shape index (κ2) is 4.99. The highest BCUT2D eigenvalue weighted by Gasteiger charge is 2.37. The quantitative estimate of drug-likeness (QED) is 0.840. The van der Waals surface area contributed by atoms with E-state index >= 15 is 0 Å². The zero-order valence-electron chi connectivity index (χ0n) is 9.43. The highest BCUT2D eigenvalue weighted by Crippen LogP contribution is 2.32. The molecule has 1 aliphatic rings. The van der Waals surface area contributed by atoms with Crippen LogP contribution in [0.25, 0.3) is 0 Å². The van der Waals surface area contributed by atoms with Crippen LogP contribution in [0.1, 0.15) is 19.3 Å². The maximum absolute atomic E-state index is 12.0. The molecule has 2 rings (SSSR count). The van der Waals surface area contributed by atoms with Crippen molar-refractivity contribution in [3.8, 4) is 0 Å². The van der Waals surface area contributed by atoms with Crippen molar-refractivity contribution >= 4 is 17.6 Å². The first-order valence-corrected chi connectivity index (χ1v) is 5.77. The minimum Gasteiger partial charge on any atom is -0.481 e. The molecule has 0 saturated heterocycles. The summed E-state index contributed by atoms with van der Waals surface area (Å²) in [6, 6.07) is 9.12. The van der Waals surface area contributed by atoms with Crippen molar-refractivity contribution in [3.05, 3.63) is 30.3 Å². The van der Waals surface area contributed by atoms with E-state index in [0.29, 0.717) is 18.5 Å². The van der Waals surface area contributed by atoms with Crippen LogP contribution in [-0.2, 0) is 9.59 Å². The lowest BCUT2D eigenvalue weighted by atomic mass is 9.95. The van der Waals surface area contributed by atoms with Gasteiger partial charge in [0.05, 0.1) is 11.8 Å². The highest BCUT2D eigenvalue weighted by atomic mass is 16.4. The maximum Gasteiger partial charge on any atom is 0.307 e. The zero-order chi connectivity index (χ0) is 12.3. The number of carbonyl (C=O) groups is 2. The minimum absolute atomic E-state index is 0.180. The molecule has 0 heterocycles.